The molecule has 0 fully saturated rings. The quantitative estimate of drug-likeness (QED) is 0.711. The molecule has 1 aromatic rings. The van der Waals surface area contributed by atoms with Crippen LogP contribution in [0.1, 0.15) is 23.1 Å². The topological polar surface area (TPSA) is 68.7 Å². The van der Waals surface area contributed by atoms with Gasteiger partial charge in [-0.2, -0.15) is 0 Å². The molecular weight excluding hydrogens is 248 g/mol. The molecule has 0 aliphatic rings. The van der Waals surface area contributed by atoms with E-state index in [2.05, 4.69) is 14.5 Å². The molecule has 0 spiro atoms. The second-order valence-corrected chi connectivity index (χ2v) is 3.89. The van der Waals surface area contributed by atoms with Gasteiger partial charge in [0.1, 0.15) is 5.69 Å². The van der Waals surface area contributed by atoms with E-state index >= 15 is 0 Å². The molecule has 0 saturated carbocycles. The number of ether oxygens (including phenoxy) is 2. The van der Waals surface area contributed by atoms with E-state index < -0.39 is 5.97 Å². The summed E-state index contributed by atoms with van der Waals surface area (Å²) in [5, 5.41) is 0. The van der Waals surface area contributed by atoms with Crippen LogP contribution in [0.3, 0.4) is 0 Å². The van der Waals surface area contributed by atoms with Crippen molar-refractivity contribution in [3.63, 3.8) is 0 Å². The van der Waals surface area contributed by atoms with Crippen molar-refractivity contribution in [2.45, 2.75) is 13.5 Å². The number of carbonyl (C=O) groups is 2. The molecular formula is C13H18N2O4. The molecule has 6 nitrogen and oxygen atoms in total. The van der Waals surface area contributed by atoms with Crippen molar-refractivity contribution < 1.29 is 19.1 Å². The third-order valence-corrected chi connectivity index (χ3v) is 2.61. The Bertz CT molecular complexity index is 448. The van der Waals surface area contributed by atoms with Crippen molar-refractivity contribution in [3.8, 4) is 0 Å². The average Bonchev–Trinajstić information content (AvgIpc) is 2.45. The lowest BCUT2D eigenvalue weighted by Crippen LogP contribution is -2.30. The lowest BCUT2D eigenvalue weighted by molar-refractivity contribution is -0.142. The van der Waals surface area contributed by atoms with Gasteiger partial charge in [0.05, 0.1) is 26.5 Å². The van der Waals surface area contributed by atoms with Gasteiger partial charge in [-0.25, -0.2) is 9.78 Å². The minimum absolute atomic E-state index is 0.192. The zero-order valence-electron chi connectivity index (χ0n) is 11.4. The summed E-state index contributed by atoms with van der Waals surface area (Å²) < 4.78 is 9.24. The number of hydrogen-bond donors (Lipinski definition) is 0. The van der Waals surface area contributed by atoms with Gasteiger partial charge < -0.3 is 9.47 Å². The maximum atomic E-state index is 11.4. The number of methoxy groups -OCH3 is 2. The van der Waals surface area contributed by atoms with Crippen LogP contribution in [-0.4, -0.2) is 49.1 Å². The number of pyridine rings is 1. The van der Waals surface area contributed by atoms with E-state index in [4.69, 9.17) is 0 Å². The Morgan fingerprint density at radius 2 is 2.00 bits per heavy atom. The lowest BCUT2D eigenvalue weighted by atomic mass is 10.3. The molecule has 1 rings (SSSR count). The SMILES string of the molecule is CCN(CC(=O)OC)Cc1cccc(C(=O)OC)n1. The Morgan fingerprint density at radius 1 is 1.26 bits per heavy atom. The largest absolute Gasteiger partial charge is 0.468 e. The molecule has 0 aliphatic carbocycles. The van der Waals surface area contributed by atoms with Crippen LogP contribution in [-0.2, 0) is 20.8 Å². The highest BCUT2D eigenvalue weighted by atomic mass is 16.5. The number of carbonyl (C=O) groups excluding carboxylic acids is 2. The molecule has 0 atom stereocenters. The van der Waals surface area contributed by atoms with E-state index in [0.29, 0.717) is 18.8 Å². The minimum Gasteiger partial charge on any atom is -0.468 e. The predicted molar refractivity (Wildman–Crippen MR) is 68.5 cm³/mol. The second-order valence-electron chi connectivity index (χ2n) is 3.89. The van der Waals surface area contributed by atoms with Gasteiger partial charge in [0.15, 0.2) is 0 Å². The van der Waals surface area contributed by atoms with E-state index in [1.807, 2.05) is 11.8 Å². The average molecular weight is 266 g/mol. The van der Waals surface area contributed by atoms with Gasteiger partial charge >= 0.3 is 11.9 Å². The normalized spacial score (nSPS) is 10.3. The first-order chi connectivity index (χ1) is 9.10. The molecule has 19 heavy (non-hydrogen) atoms. The smallest absolute Gasteiger partial charge is 0.356 e. The first-order valence-corrected chi connectivity index (χ1v) is 5.94. The van der Waals surface area contributed by atoms with E-state index in [0.717, 1.165) is 0 Å². The van der Waals surface area contributed by atoms with Crippen molar-refractivity contribution in [1.82, 2.24) is 9.88 Å². The fourth-order valence-corrected chi connectivity index (χ4v) is 1.54. The van der Waals surface area contributed by atoms with E-state index in [1.165, 1.54) is 14.2 Å². The van der Waals surface area contributed by atoms with Gasteiger partial charge in [-0.15, -0.1) is 0 Å². The monoisotopic (exact) mass is 266 g/mol. The zero-order valence-corrected chi connectivity index (χ0v) is 11.4. The fraction of sp³-hybridized carbons (Fsp3) is 0.462. The second kappa shape index (κ2) is 7.48. The standard InChI is InChI=1S/C13H18N2O4/c1-4-15(9-12(16)18-2)8-10-6-5-7-11(14-10)13(17)19-3/h5-7H,4,8-9H2,1-3H3. The molecule has 1 aromatic heterocycles. The molecule has 0 unspecified atom stereocenters. The Labute approximate surface area is 112 Å². The van der Waals surface area contributed by atoms with Crippen LogP contribution < -0.4 is 0 Å². The zero-order chi connectivity index (χ0) is 14.3. The van der Waals surface area contributed by atoms with Crippen LogP contribution in [0.25, 0.3) is 0 Å². The van der Waals surface area contributed by atoms with Crippen molar-refractivity contribution in [3.05, 3.63) is 29.6 Å². The predicted octanol–water partition coefficient (Wildman–Crippen LogP) is 0.863. The number of nitrogens with zero attached hydrogens (tertiary/aromatic N) is 2. The van der Waals surface area contributed by atoms with Gasteiger partial charge in [0.25, 0.3) is 0 Å². The van der Waals surface area contributed by atoms with Gasteiger partial charge in [-0.1, -0.05) is 13.0 Å². The Hall–Kier alpha value is -1.95. The third-order valence-electron chi connectivity index (χ3n) is 2.61. The molecule has 1 heterocycles. The maximum absolute atomic E-state index is 11.4. The molecule has 0 aliphatic heterocycles. The van der Waals surface area contributed by atoms with Crippen molar-refractivity contribution >= 4 is 11.9 Å². The molecule has 104 valence electrons. The summed E-state index contributed by atoms with van der Waals surface area (Å²) >= 11 is 0. The minimum atomic E-state index is -0.474. The van der Waals surface area contributed by atoms with Gasteiger partial charge in [0.2, 0.25) is 0 Å². The summed E-state index contributed by atoms with van der Waals surface area (Å²) in [5.41, 5.74) is 0.961. The summed E-state index contributed by atoms with van der Waals surface area (Å²) in [6.45, 7) is 3.28. The number of esters is 2. The maximum Gasteiger partial charge on any atom is 0.356 e. The summed E-state index contributed by atoms with van der Waals surface area (Å²) in [7, 11) is 2.67. The lowest BCUT2D eigenvalue weighted by Gasteiger charge is -2.18. The molecule has 0 saturated heterocycles. The van der Waals surface area contributed by atoms with Crippen LogP contribution in [0.4, 0.5) is 0 Å². The Balaban J connectivity index is 2.74. The first-order valence-electron chi connectivity index (χ1n) is 5.94. The van der Waals surface area contributed by atoms with Crippen molar-refractivity contribution in [1.29, 1.82) is 0 Å². The first kappa shape index (κ1) is 15.1. The Morgan fingerprint density at radius 3 is 2.58 bits per heavy atom. The van der Waals surface area contributed by atoms with Crippen molar-refractivity contribution in [2.75, 3.05) is 27.3 Å². The number of aromatic nitrogens is 1. The van der Waals surface area contributed by atoms with Crippen LogP contribution in [0.15, 0.2) is 18.2 Å². The summed E-state index contributed by atoms with van der Waals surface area (Å²) in [6, 6.07) is 5.12. The number of likely N-dealkylation sites (N-methyl/N-ethyl adjacent to an activating group) is 1. The number of hydrogen-bond acceptors (Lipinski definition) is 6. The third kappa shape index (κ3) is 4.67. The van der Waals surface area contributed by atoms with Gasteiger partial charge in [-0.3, -0.25) is 9.69 Å². The highest BCUT2D eigenvalue weighted by Crippen LogP contribution is 2.05. The van der Waals surface area contributed by atoms with Crippen LogP contribution in [0, 0.1) is 0 Å². The van der Waals surface area contributed by atoms with E-state index in [-0.39, 0.29) is 18.2 Å². The highest BCUT2D eigenvalue weighted by molar-refractivity contribution is 5.87. The summed E-state index contributed by atoms with van der Waals surface area (Å²) in [4.78, 5) is 28.7. The Kier molecular flexibility index (Phi) is 5.95. The van der Waals surface area contributed by atoms with Gasteiger partial charge in [-0.05, 0) is 18.7 Å². The fourth-order valence-electron chi connectivity index (χ4n) is 1.54. The van der Waals surface area contributed by atoms with Gasteiger partial charge in [0, 0.05) is 6.54 Å². The van der Waals surface area contributed by atoms with E-state index in [1.54, 1.807) is 18.2 Å². The highest BCUT2D eigenvalue weighted by Gasteiger charge is 2.12. The molecule has 0 bridgehead atoms. The molecule has 0 N–H and O–H groups in total. The van der Waals surface area contributed by atoms with Crippen LogP contribution in [0.5, 0.6) is 0 Å². The van der Waals surface area contributed by atoms with Crippen LogP contribution in [0.2, 0.25) is 0 Å². The van der Waals surface area contributed by atoms with E-state index in [9.17, 15) is 9.59 Å². The van der Waals surface area contributed by atoms with Crippen LogP contribution >= 0.6 is 0 Å². The summed E-state index contributed by atoms with van der Waals surface area (Å²) in [5.74, 6) is -0.774. The molecule has 0 aromatic carbocycles. The number of rotatable bonds is 6. The van der Waals surface area contributed by atoms with Crippen molar-refractivity contribution in [2.24, 2.45) is 0 Å². The molecule has 0 amide bonds. The summed E-state index contributed by atoms with van der Waals surface area (Å²) in [6.07, 6.45) is 0. The molecule has 6 heteroatoms. The molecule has 0 radical (unpaired) electrons.